The van der Waals surface area contributed by atoms with Crippen LogP contribution in [-0.2, 0) is 6.18 Å². The number of rotatable bonds is 2. The van der Waals surface area contributed by atoms with Gasteiger partial charge < -0.3 is 5.11 Å². The first-order chi connectivity index (χ1) is 9.70. The van der Waals surface area contributed by atoms with Crippen LogP contribution in [0.15, 0.2) is 45.3 Å². The van der Waals surface area contributed by atoms with Gasteiger partial charge in [-0.1, -0.05) is 31.9 Å². The molecule has 0 amide bonds. The van der Waals surface area contributed by atoms with E-state index < -0.39 is 23.7 Å². The minimum absolute atomic E-state index is 0.0539. The summed E-state index contributed by atoms with van der Waals surface area (Å²) in [6.45, 7) is 0. The van der Waals surface area contributed by atoms with E-state index in [0.29, 0.717) is 4.47 Å². The van der Waals surface area contributed by atoms with Crippen molar-refractivity contribution in [1.29, 1.82) is 0 Å². The highest BCUT2D eigenvalue weighted by atomic mass is 79.9. The van der Waals surface area contributed by atoms with E-state index in [4.69, 9.17) is 0 Å². The zero-order valence-electron chi connectivity index (χ0n) is 10.3. The molecule has 0 heterocycles. The van der Waals surface area contributed by atoms with Crippen LogP contribution in [0, 0.1) is 5.82 Å². The van der Waals surface area contributed by atoms with Crippen LogP contribution in [0.3, 0.4) is 0 Å². The second kappa shape index (κ2) is 6.06. The molecule has 21 heavy (non-hydrogen) atoms. The van der Waals surface area contributed by atoms with Crippen LogP contribution in [0.5, 0.6) is 0 Å². The molecular weight excluding hydrogens is 420 g/mol. The van der Waals surface area contributed by atoms with E-state index in [1.54, 1.807) is 0 Å². The van der Waals surface area contributed by atoms with E-state index in [2.05, 4.69) is 31.9 Å². The van der Waals surface area contributed by atoms with Gasteiger partial charge in [-0.15, -0.1) is 0 Å². The number of halogens is 6. The number of alkyl halides is 3. The summed E-state index contributed by atoms with van der Waals surface area (Å²) in [6, 6.07) is 6.76. The van der Waals surface area contributed by atoms with Crippen molar-refractivity contribution in [2.75, 3.05) is 0 Å². The van der Waals surface area contributed by atoms with Gasteiger partial charge in [-0.25, -0.2) is 4.39 Å². The zero-order valence-corrected chi connectivity index (χ0v) is 13.4. The molecule has 1 nitrogen and oxygen atoms in total. The molecule has 0 bridgehead atoms. The smallest absolute Gasteiger partial charge is 0.384 e. The first-order valence-corrected chi connectivity index (χ1v) is 7.28. The molecule has 0 radical (unpaired) electrons. The molecule has 0 saturated heterocycles. The van der Waals surface area contributed by atoms with Crippen LogP contribution >= 0.6 is 31.9 Å². The van der Waals surface area contributed by atoms with Crippen molar-refractivity contribution in [2.24, 2.45) is 0 Å². The Kier molecular flexibility index (Phi) is 4.75. The third-order valence-corrected chi connectivity index (χ3v) is 4.09. The van der Waals surface area contributed by atoms with Crippen molar-refractivity contribution in [2.45, 2.75) is 12.3 Å². The van der Waals surface area contributed by atoms with Crippen LogP contribution in [0.1, 0.15) is 22.8 Å². The summed E-state index contributed by atoms with van der Waals surface area (Å²) in [5.74, 6) is -0.699. The lowest BCUT2D eigenvalue weighted by molar-refractivity contribution is -0.137. The molecule has 0 fully saturated rings. The second-order valence-corrected chi connectivity index (χ2v) is 6.07. The largest absolute Gasteiger partial charge is 0.416 e. The Labute approximate surface area is 134 Å². The molecule has 2 rings (SSSR count). The zero-order chi connectivity index (χ0) is 15.8. The SMILES string of the molecule is OC(c1cc(Br)ccc1F)c1cc(C(F)(F)F)ccc1Br. The maximum atomic E-state index is 13.8. The van der Waals surface area contributed by atoms with Crippen molar-refractivity contribution in [3.8, 4) is 0 Å². The highest BCUT2D eigenvalue weighted by Gasteiger charge is 2.32. The van der Waals surface area contributed by atoms with Crippen LogP contribution in [0.2, 0.25) is 0 Å². The van der Waals surface area contributed by atoms with Gasteiger partial charge in [0.05, 0.1) is 5.56 Å². The van der Waals surface area contributed by atoms with Crippen LogP contribution in [-0.4, -0.2) is 5.11 Å². The molecule has 0 aromatic heterocycles. The van der Waals surface area contributed by atoms with Crippen molar-refractivity contribution >= 4 is 31.9 Å². The molecule has 2 aromatic carbocycles. The Hall–Kier alpha value is -0.920. The summed E-state index contributed by atoms with van der Waals surface area (Å²) in [5.41, 5.74) is -1.07. The molecule has 7 heteroatoms. The van der Waals surface area contributed by atoms with E-state index in [-0.39, 0.29) is 15.6 Å². The van der Waals surface area contributed by atoms with Gasteiger partial charge in [-0.3, -0.25) is 0 Å². The van der Waals surface area contributed by atoms with E-state index in [1.165, 1.54) is 18.2 Å². The molecular formula is C14H8Br2F4O. The van der Waals surface area contributed by atoms with E-state index >= 15 is 0 Å². The number of hydrogen-bond acceptors (Lipinski definition) is 1. The first-order valence-electron chi connectivity index (χ1n) is 5.70. The third kappa shape index (κ3) is 3.64. The second-order valence-electron chi connectivity index (χ2n) is 4.30. The van der Waals surface area contributed by atoms with Crippen LogP contribution in [0.4, 0.5) is 17.6 Å². The number of aliphatic hydroxyl groups excluding tert-OH is 1. The van der Waals surface area contributed by atoms with Gasteiger partial charge in [0.25, 0.3) is 0 Å². The Balaban J connectivity index is 2.52. The Morgan fingerprint density at radius 2 is 1.62 bits per heavy atom. The maximum absolute atomic E-state index is 13.8. The summed E-state index contributed by atoms with van der Waals surface area (Å²) < 4.78 is 52.7. The average Bonchev–Trinajstić information content (AvgIpc) is 2.40. The molecule has 1 atom stereocenters. The lowest BCUT2D eigenvalue weighted by atomic mass is 9.99. The number of hydrogen-bond donors (Lipinski definition) is 1. The highest BCUT2D eigenvalue weighted by Crippen LogP contribution is 2.36. The van der Waals surface area contributed by atoms with Gasteiger partial charge in [0.1, 0.15) is 11.9 Å². The van der Waals surface area contributed by atoms with Gasteiger partial charge in [0.15, 0.2) is 0 Å². The van der Waals surface area contributed by atoms with Gasteiger partial charge in [0.2, 0.25) is 0 Å². The fourth-order valence-electron chi connectivity index (χ4n) is 1.82. The third-order valence-electron chi connectivity index (χ3n) is 2.87. The van der Waals surface area contributed by atoms with E-state index in [0.717, 1.165) is 18.2 Å². The predicted octanol–water partition coefficient (Wildman–Crippen LogP) is 5.45. The fourth-order valence-corrected chi connectivity index (χ4v) is 2.66. The summed E-state index contributed by atoms with van der Waals surface area (Å²) in [4.78, 5) is 0. The summed E-state index contributed by atoms with van der Waals surface area (Å²) in [5, 5.41) is 10.2. The molecule has 1 unspecified atom stereocenters. The normalized spacial score (nSPS) is 13.3. The van der Waals surface area contributed by atoms with Crippen molar-refractivity contribution in [3.63, 3.8) is 0 Å². The molecule has 0 aliphatic carbocycles. The molecule has 0 aliphatic rings. The van der Waals surface area contributed by atoms with Gasteiger partial charge in [-0.2, -0.15) is 13.2 Å². The van der Waals surface area contributed by atoms with Crippen LogP contribution in [0.25, 0.3) is 0 Å². The fraction of sp³-hybridized carbons (Fsp3) is 0.143. The van der Waals surface area contributed by atoms with Gasteiger partial charge >= 0.3 is 6.18 Å². The minimum Gasteiger partial charge on any atom is -0.384 e. The molecule has 112 valence electrons. The average molecular weight is 428 g/mol. The maximum Gasteiger partial charge on any atom is 0.416 e. The van der Waals surface area contributed by atoms with Gasteiger partial charge in [0, 0.05) is 14.5 Å². The number of aliphatic hydroxyl groups is 1. The van der Waals surface area contributed by atoms with E-state index in [1.807, 2.05) is 0 Å². The molecule has 2 aromatic rings. The van der Waals surface area contributed by atoms with Crippen molar-refractivity contribution < 1.29 is 22.7 Å². The van der Waals surface area contributed by atoms with Crippen LogP contribution < -0.4 is 0 Å². The lowest BCUT2D eigenvalue weighted by Crippen LogP contribution is -2.09. The molecule has 0 aliphatic heterocycles. The van der Waals surface area contributed by atoms with E-state index in [9.17, 15) is 22.7 Å². The Morgan fingerprint density at radius 1 is 0.952 bits per heavy atom. The van der Waals surface area contributed by atoms with Gasteiger partial charge in [-0.05, 0) is 42.0 Å². The topological polar surface area (TPSA) is 20.2 Å². The summed E-state index contributed by atoms with van der Waals surface area (Å²) in [7, 11) is 0. The molecule has 1 N–H and O–H groups in total. The summed E-state index contributed by atoms with van der Waals surface area (Å²) in [6.07, 6.45) is -6.05. The Bertz CT molecular complexity index is 671. The molecule has 0 spiro atoms. The van der Waals surface area contributed by atoms with Crippen molar-refractivity contribution in [3.05, 3.63) is 67.9 Å². The standard InChI is InChI=1S/C14H8Br2F4O/c15-8-2-4-12(17)10(6-8)13(21)9-5-7(14(18,19)20)1-3-11(9)16/h1-6,13,21H. The number of benzene rings is 2. The van der Waals surface area contributed by atoms with Crippen molar-refractivity contribution in [1.82, 2.24) is 0 Å². The highest BCUT2D eigenvalue weighted by molar-refractivity contribution is 9.10. The summed E-state index contributed by atoms with van der Waals surface area (Å²) >= 11 is 6.21. The quantitative estimate of drug-likeness (QED) is 0.631. The first kappa shape index (κ1) is 16.5. The lowest BCUT2D eigenvalue weighted by Gasteiger charge is -2.17. The predicted molar refractivity (Wildman–Crippen MR) is 77.3 cm³/mol. The molecule has 0 saturated carbocycles. The monoisotopic (exact) mass is 426 g/mol. The Morgan fingerprint density at radius 3 is 2.24 bits per heavy atom. The minimum atomic E-state index is -4.54.